The van der Waals surface area contributed by atoms with Gasteiger partial charge in [0.05, 0.1) is 0 Å². The molecule has 2 aliphatic rings. The van der Waals surface area contributed by atoms with Gasteiger partial charge in [-0.25, -0.2) is 4.98 Å². The summed E-state index contributed by atoms with van der Waals surface area (Å²) in [5.74, 6) is 1.71. The number of piperidine rings is 1. The third-order valence-corrected chi connectivity index (χ3v) is 5.51. The first-order valence-electron chi connectivity index (χ1n) is 7.41. The van der Waals surface area contributed by atoms with Crippen LogP contribution in [0.1, 0.15) is 55.6 Å². The highest BCUT2D eigenvalue weighted by molar-refractivity contribution is 7.71. The summed E-state index contributed by atoms with van der Waals surface area (Å²) in [4.78, 5) is 10.8. The second-order valence-corrected chi connectivity index (χ2v) is 6.49. The minimum Gasteiger partial charge on any atom is -0.347 e. The topological polar surface area (TPSA) is 31.9 Å². The molecule has 2 aliphatic heterocycles. The van der Waals surface area contributed by atoms with Gasteiger partial charge < -0.3 is 9.88 Å². The van der Waals surface area contributed by atoms with E-state index in [0.29, 0.717) is 5.92 Å². The summed E-state index contributed by atoms with van der Waals surface area (Å²) >= 11 is 5.42. The molecule has 2 saturated heterocycles. The Balaban J connectivity index is 1.91. The van der Waals surface area contributed by atoms with Gasteiger partial charge in [-0.2, -0.15) is 0 Å². The van der Waals surface area contributed by atoms with E-state index >= 15 is 0 Å². The number of hydrogen-bond acceptors (Lipinski definition) is 3. The molecule has 1 aromatic heterocycles. The zero-order valence-electron chi connectivity index (χ0n) is 12.1. The van der Waals surface area contributed by atoms with Crippen molar-refractivity contribution < 1.29 is 0 Å². The third kappa shape index (κ3) is 2.25. The lowest BCUT2D eigenvalue weighted by molar-refractivity contribution is 0.158. The Morgan fingerprint density at radius 2 is 1.95 bits per heavy atom. The van der Waals surface area contributed by atoms with Gasteiger partial charge in [0.15, 0.2) is 0 Å². The van der Waals surface area contributed by atoms with E-state index in [2.05, 4.69) is 35.8 Å². The monoisotopic (exact) mass is 277 g/mol. The van der Waals surface area contributed by atoms with Crippen LogP contribution in [0.4, 0.5) is 0 Å². The lowest BCUT2D eigenvalue weighted by Crippen LogP contribution is -2.39. The van der Waals surface area contributed by atoms with E-state index in [1.165, 1.54) is 31.4 Å². The molecule has 2 unspecified atom stereocenters. The van der Waals surface area contributed by atoms with Crippen molar-refractivity contribution in [1.82, 2.24) is 14.9 Å². The summed E-state index contributed by atoms with van der Waals surface area (Å²) in [7, 11) is 2.28. The summed E-state index contributed by atoms with van der Waals surface area (Å²) in [6.07, 6.45) is 6.18. The average molecular weight is 277 g/mol. The predicted octanol–water partition coefficient (Wildman–Crippen LogP) is 3.35. The molecule has 0 aliphatic carbocycles. The van der Waals surface area contributed by atoms with Gasteiger partial charge in [0.25, 0.3) is 0 Å². The maximum atomic E-state index is 5.42. The number of hydrogen-bond donors (Lipinski definition) is 1. The molecule has 0 amide bonds. The van der Waals surface area contributed by atoms with Crippen LogP contribution in [0.5, 0.6) is 0 Å². The van der Waals surface area contributed by atoms with E-state index in [9.17, 15) is 0 Å². The maximum Gasteiger partial charge on any atom is 0.132 e. The van der Waals surface area contributed by atoms with Crippen molar-refractivity contribution in [3.05, 3.63) is 21.7 Å². The van der Waals surface area contributed by atoms with E-state index in [1.807, 2.05) is 0 Å². The Labute approximate surface area is 120 Å². The molecule has 1 N–H and O–H groups in total. The standard InChI is InChI=1S/C15H23N3S/c1-4-13-9(2)15(19)17-14(16-13)10-7-11-5-6-12(8-10)18(11)3/h10-12H,4-8H2,1-3H3,(H,16,17,19). The van der Waals surface area contributed by atoms with Gasteiger partial charge in [-0.15, -0.1) is 0 Å². The average Bonchev–Trinajstić information content (AvgIpc) is 2.64. The van der Waals surface area contributed by atoms with Crippen molar-refractivity contribution in [2.45, 2.75) is 64.0 Å². The van der Waals surface area contributed by atoms with Crippen molar-refractivity contribution >= 4 is 12.2 Å². The van der Waals surface area contributed by atoms with Crippen molar-refractivity contribution in [3.8, 4) is 0 Å². The molecule has 4 heteroatoms. The summed E-state index contributed by atoms with van der Waals surface area (Å²) in [6, 6.07) is 1.50. The second kappa shape index (κ2) is 4.98. The first kappa shape index (κ1) is 13.3. The first-order chi connectivity index (χ1) is 9.10. The number of fused-ring (bicyclic) bond motifs is 2. The van der Waals surface area contributed by atoms with Crippen LogP contribution < -0.4 is 0 Å². The van der Waals surface area contributed by atoms with Crippen LogP contribution in [0.15, 0.2) is 0 Å². The minimum atomic E-state index is 0.571. The lowest BCUT2D eigenvalue weighted by Gasteiger charge is -2.36. The fourth-order valence-electron chi connectivity index (χ4n) is 3.78. The predicted molar refractivity (Wildman–Crippen MR) is 80.1 cm³/mol. The number of H-pyrrole nitrogens is 1. The number of rotatable bonds is 2. The molecule has 0 spiro atoms. The minimum absolute atomic E-state index is 0.571. The fraction of sp³-hybridized carbons (Fsp3) is 0.733. The molecule has 3 nitrogen and oxygen atoms in total. The van der Waals surface area contributed by atoms with Gasteiger partial charge >= 0.3 is 0 Å². The van der Waals surface area contributed by atoms with Crippen molar-refractivity contribution in [2.24, 2.45) is 0 Å². The zero-order chi connectivity index (χ0) is 13.6. The van der Waals surface area contributed by atoms with Gasteiger partial charge in [-0.1, -0.05) is 19.1 Å². The van der Waals surface area contributed by atoms with Crippen LogP contribution in [0.3, 0.4) is 0 Å². The lowest BCUT2D eigenvalue weighted by atomic mass is 9.90. The fourth-order valence-corrected chi connectivity index (χ4v) is 4.00. The normalized spacial score (nSPS) is 30.8. The Morgan fingerprint density at radius 1 is 1.32 bits per heavy atom. The summed E-state index contributed by atoms with van der Waals surface area (Å²) < 4.78 is 0.789. The van der Waals surface area contributed by atoms with Crippen LogP contribution in [-0.4, -0.2) is 34.0 Å². The molecule has 3 rings (SSSR count). The van der Waals surface area contributed by atoms with E-state index in [0.717, 1.165) is 34.5 Å². The molecule has 2 fully saturated rings. The first-order valence-corrected chi connectivity index (χ1v) is 7.82. The number of nitrogens with zero attached hydrogens (tertiary/aromatic N) is 2. The molecule has 2 bridgehead atoms. The largest absolute Gasteiger partial charge is 0.347 e. The molecule has 0 saturated carbocycles. The number of aromatic nitrogens is 2. The molecule has 1 aromatic rings. The van der Waals surface area contributed by atoms with Crippen molar-refractivity contribution in [1.29, 1.82) is 0 Å². The highest BCUT2D eigenvalue weighted by Gasteiger charge is 2.39. The summed E-state index contributed by atoms with van der Waals surface area (Å²) in [5.41, 5.74) is 2.42. The summed E-state index contributed by atoms with van der Waals surface area (Å²) in [5, 5.41) is 0. The Hall–Kier alpha value is -0.740. The molecule has 0 aromatic carbocycles. The molecular formula is C15H23N3S. The van der Waals surface area contributed by atoms with E-state index in [-0.39, 0.29) is 0 Å². The number of nitrogens with one attached hydrogen (secondary N) is 1. The van der Waals surface area contributed by atoms with Gasteiger partial charge in [-0.3, -0.25) is 0 Å². The molecular weight excluding hydrogens is 254 g/mol. The molecule has 0 radical (unpaired) electrons. The van der Waals surface area contributed by atoms with Crippen LogP contribution >= 0.6 is 12.2 Å². The smallest absolute Gasteiger partial charge is 0.132 e. The highest BCUT2D eigenvalue weighted by atomic mass is 32.1. The SMILES string of the molecule is CCc1[nH]c(C2CC3CCC(C2)N3C)nc(=S)c1C. The Kier molecular flexibility index (Phi) is 3.48. The Morgan fingerprint density at radius 3 is 2.53 bits per heavy atom. The molecule has 19 heavy (non-hydrogen) atoms. The number of aryl methyl sites for hydroxylation is 1. The molecule has 3 heterocycles. The maximum absolute atomic E-state index is 5.42. The van der Waals surface area contributed by atoms with E-state index in [4.69, 9.17) is 12.2 Å². The molecule has 2 atom stereocenters. The molecule has 104 valence electrons. The third-order valence-electron chi connectivity index (χ3n) is 5.11. The van der Waals surface area contributed by atoms with E-state index in [1.54, 1.807) is 0 Å². The van der Waals surface area contributed by atoms with E-state index < -0.39 is 0 Å². The summed E-state index contributed by atoms with van der Waals surface area (Å²) in [6.45, 7) is 4.25. The second-order valence-electron chi connectivity index (χ2n) is 6.10. The number of aromatic amines is 1. The van der Waals surface area contributed by atoms with Crippen LogP contribution in [0.25, 0.3) is 0 Å². The van der Waals surface area contributed by atoms with Gasteiger partial charge in [0.2, 0.25) is 0 Å². The van der Waals surface area contributed by atoms with Crippen LogP contribution in [0, 0.1) is 11.6 Å². The Bertz CT molecular complexity index is 523. The highest BCUT2D eigenvalue weighted by Crippen LogP contribution is 2.41. The van der Waals surface area contributed by atoms with Crippen LogP contribution in [-0.2, 0) is 6.42 Å². The zero-order valence-corrected chi connectivity index (χ0v) is 12.9. The van der Waals surface area contributed by atoms with Crippen LogP contribution in [0.2, 0.25) is 0 Å². The quantitative estimate of drug-likeness (QED) is 0.841. The van der Waals surface area contributed by atoms with Gasteiger partial charge in [0, 0.05) is 29.3 Å². The van der Waals surface area contributed by atoms with Gasteiger partial charge in [0.1, 0.15) is 10.5 Å². The van der Waals surface area contributed by atoms with Gasteiger partial charge in [-0.05, 0) is 46.1 Å². The van der Waals surface area contributed by atoms with Crippen molar-refractivity contribution in [2.75, 3.05) is 7.05 Å². The van der Waals surface area contributed by atoms with Crippen molar-refractivity contribution in [3.63, 3.8) is 0 Å².